The van der Waals surface area contributed by atoms with E-state index >= 15 is 0 Å². The van der Waals surface area contributed by atoms with Crippen LogP contribution in [0.15, 0.2) is 54.7 Å². The van der Waals surface area contributed by atoms with Crippen LogP contribution < -0.4 is 5.32 Å². The zero-order valence-corrected chi connectivity index (χ0v) is 16.7. The highest BCUT2D eigenvalue weighted by atomic mass is 35.5. The standard InChI is InChI=1S/C21H13Cl2N3O4/c22-16-8-13(9-17(23)18(16)27)25-19(28)11-4-5-14-15(7-11)21(30)26(20(14)29)10-12-3-1-2-6-24-12/h1-9,27H,10H2,(H,25,28). The molecule has 30 heavy (non-hydrogen) atoms. The average molecular weight is 442 g/mol. The number of halogens is 2. The van der Waals surface area contributed by atoms with Crippen molar-refractivity contribution < 1.29 is 19.5 Å². The van der Waals surface area contributed by atoms with Crippen molar-refractivity contribution in [1.29, 1.82) is 0 Å². The number of anilines is 1. The third-order valence-corrected chi connectivity index (χ3v) is 5.13. The SMILES string of the molecule is O=C(Nc1cc(Cl)c(O)c(Cl)c1)c1ccc2c(c1)C(=O)N(Cc1ccccn1)C2=O. The van der Waals surface area contributed by atoms with Crippen LogP contribution >= 0.6 is 23.2 Å². The van der Waals surface area contributed by atoms with Gasteiger partial charge in [0.25, 0.3) is 17.7 Å². The monoisotopic (exact) mass is 441 g/mol. The molecule has 0 aliphatic carbocycles. The fourth-order valence-corrected chi connectivity index (χ4v) is 3.56. The number of carbonyl (C=O) groups is 3. The van der Waals surface area contributed by atoms with Gasteiger partial charge in [-0.2, -0.15) is 0 Å². The number of hydrogen-bond donors (Lipinski definition) is 2. The number of aromatic hydroxyl groups is 1. The van der Waals surface area contributed by atoms with Crippen LogP contribution in [0.2, 0.25) is 10.0 Å². The summed E-state index contributed by atoms with van der Waals surface area (Å²) in [4.78, 5) is 43.2. The Bertz CT molecular complexity index is 1180. The third-order valence-electron chi connectivity index (χ3n) is 4.55. The number of phenols is 1. The van der Waals surface area contributed by atoms with Crippen molar-refractivity contribution in [3.63, 3.8) is 0 Å². The zero-order chi connectivity index (χ0) is 21.4. The lowest BCUT2D eigenvalue weighted by Gasteiger charge is -2.12. The Labute approximate surface area is 180 Å². The Balaban J connectivity index is 1.57. The van der Waals surface area contributed by atoms with Crippen LogP contribution in [0, 0.1) is 0 Å². The average Bonchev–Trinajstić information content (AvgIpc) is 2.97. The minimum Gasteiger partial charge on any atom is -0.505 e. The molecule has 1 aliphatic heterocycles. The second-order valence-corrected chi connectivity index (χ2v) is 7.33. The van der Waals surface area contributed by atoms with Gasteiger partial charge in [-0.3, -0.25) is 24.3 Å². The highest BCUT2D eigenvalue weighted by Crippen LogP contribution is 2.35. The molecule has 0 saturated carbocycles. The fourth-order valence-electron chi connectivity index (χ4n) is 3.07. The van der Waals surface area contributed by atoms with E-state index in [1.54, 1.807) is 24.4 Å². The van der Waals surface area contributed by atoms with E-state index in [4.69, 9.17) is 23.2 Å². The van der Waals surface area contributed by atoms with Gasteiger partial charge in [0.05, 0.1) is 33.4 Å². The van der Waals surface area contributed by atoms with E-state index in [0.717, 1.165) is 4.90 Å². The summed E-state index contributed by atoms with van der Waals surface area (Å²) in [5, 5.41) is 12.2. The van der Waals surface area contributed by atoms with Crippen LogP contribution in [-0.2, 0) is 6.54 Å². The Morgan fingerprint density at radius 1 is 1.00 bits per heavy atom. The lowest BCUT2D eigenvalue weighted by atomic mass is 10.1. The molecule has 2 N–H and O–H groups in total. The van der Waals surface area contributed by atoms with E-state index in [2.05, 4.69) is 10.3 Å². The van der Waals surface area contributed by atoms with Crippen LogP contribution in [0.25, 0.3) is 0 Å². The highest BCUT2D eigenvalue weighted by molar-refractivity contribution is 6.37. The molecule has 150 valence electrons. The molecule has 9 heteroatoms. The van der Waals surface area contributed by atoms with Crippen molar-refractivity contribution >= 4 is 46.6 Å². The number of pyridine rings is 1. The van der Waals surface area contributed by atoms with Crippen molar-refractivity contribution in [3.8, 4) is 5.75 Å². The molecule has 0 unspecified atom stereocenters. The summed E-state index contributed by atoms with van der Waals surface area (Å²) in [7, 11) is 0. The van der Waals surface area contributed by atoms with Gasteiger partial charge < -0.3 is 10.4 Å². The van der Waals surface area contributed by atoms with Crippen molar-refractivity contribution in [1.82, 2.24) is 9.88 Å². The Morgan fingerprint density at radius 3 is 2.37 bits per heavy atom. The molecule has 3 amide bonds. The molecule has 7 nitrogen and oxygen atoms in total. The summed E-state index contributed by atoms with van der Waals surface area (Å²) >= 11 is 11.7. The number of nitrogens with zero attached hydrogens (tertiary/aromatic N) is 2. The number of aromatic nitrogens is 1. The van der Waals surface area contributed by atoms with E-state index in [9.17, 15) is 19.5 Å². The molecule has 0 radical (unpaired) electrons. The topological polar surface area (TPSA) is 99.6 Å². The number of fused-ring (bicyclic) bond motifs is 1. The number of imide groups is 1. The number of nitrogens with one attached hydrogen (secondary N) is 1. The van der Waals surface area contributed by atoms with Crippen LogP contribution in [0.3, 0.4) is 0 Å². The number of amides is 3. The second kappa shape index (κ2) is 7.78. The molecule has 3 aromatic rings. The van der Waals surface area contributed by atoms with Gasteiger partial charge >= 0.3 is 0 Å². The van der Waals surface area contributed by atoms with Gasteiger partial charge in [-0.25, -0.2) is 0 Å². The van der Waals surface area contributed by atoms with Gasteiger partial charge in [0.15, 0.2) is 5.75 Å². The molecule has 1 aromatic heterocycles. The van der Waals surface area contributed by atoms with Crippen molar-refractivity contribution in [2.24, 2.45) is 0 Å². The summed E-state index contributed by atoms with van der Waals surface area (Å²) in [5.41, 5.74) is 1.39. The van der Waals surface area contributed by atoms with Crippen LogP contribution in [0.1, 0.15) is 36.8 Å². The minimum absolute atomic E-state index is 0.0160. The van der Waals surface area contributed by atoms with Crippen molar-refractivity contribution in [3.05, 3.63) is 87.2 Å². The van der Waals surface area contributed by atoms with Gasteiger partial charge in [-0.1, -0.05) is 29.3 Å². The predicted molar refractivity (Wildman–Crippen MR) is 111 cm³/mol. The molecular weight excluding hydrogens is 429 g/mol. The number of carbonyl (C=O) groups excluding carboxylic acids is 3. The lowest BCUT2D eigenvalue weighted by Crippen LogP contribution is -2.29. The molecular formula is C21H13Cl2N3O4. The molecule has 0 spiro atoms. The minimum atomic E-state index is -0.529. The summed E-state index contributed by atoms with van der Waals surface area (Å²) < 4.78 is 0. The normalized spacial score (nSPS) is 12.8. The molecule has 0 fully saturated rings. The van der Waals surface area contributed by atoms with E-state index in [1.165, 1.54) is 30.3 Å². The van der Waals surface area contributed by atoms with Crippen molar-refractivity contribution in [2.75, 3.05) is 5.32 Å². The second-order valence-electron chi connectivity index (χ2n) is 6.52. The number of hydrogen-bond acceptors (Lipinski definition) is 5. The van der Waals surface area contributed by atoms with Gasteiger partial charge in [0.2, 0.25) is 0 Å². The highest BCUT2D eigenvalue weighted by Gasteiger charge is 2.36. The molecule has 0 bridgehead atoms. The van der Waals surface area contributed by atoms with Crippen LogP contribution in [0.5, 0.6) is 5.75 Å². The first-order chi connectivity index (χ1) is 14.3. The quantitative estimate of drug-likeness (QED) is 0.467. The van der Waals surface area contributed by atoms with Crippen LogP contribution in [-0.4, -0.2) is 32.7 Å². The summed E-state index contributed by atoms with van der Waals surface area (Å²) in [6, 6.07) is 12.2. The first kappa shape index (κ1) is 19.9. The van der Waals surface area contributed by atoms with E-state index < -0.39 is 17.7 Å². The van der Waals surface area contributed by atoms with Gasteiger partial charge in [0.1, 0.15) is 0 Å². The Kier molecular flexibility index (Phi) is 5.15. The third kappa shape index (κ3) is 3.60. The molecule has 0 saturated heterocycles. The van der Waals surface area contributed by atoms with E-state index in [0.29, 0.717) is 5.69 Å². The molecule has 0 atom stereocenters. The fraction of sp³-hybridized carbons (Fsp3) is 0.0476. The molecule has 4 rings (SSSR count). The first-order valence-electron chi connectivity index (χ1n) is 8.74. The molecule has 2 heterocycles. The van der Waals surface area contributed by atoms with Crippen molar-refractivity contribution in [2.45, 2.75) is 6.54 Å². The van der Waals surface area contributed by atoms with Crippen LogP contribution in [0.4, 0.5) is 5.69 Å². The maximum absolute atomic E-state index is 12.8. The Morgan fingerprint density at radius 2 is 1.70 bits per heavy atom. The summed E-state index contributed by atoms with van der Waals surface area (Å²) in [6.45, 7) is 0.0409. The smallest absolute Gasteiger partial charge is 0.261 e. The summed E-state index contributed by atoms with van der Waals surface area (Å²) in [6.07, 6.45) is 1.58. The summed E-state index contributed by atoms with van der Waals surface area (Å²) in [5.74, 6) is -1.75. The first-order valence-corrected chi connectivity index (χ1v) is 9.50. The maximum atomic E-state index is 12.8. The maximum Gasteiger partial charge on any atom is 0.261 e. The number of benzene rings is 2. The van der Waals surface area contributed by atoms with E-state index in [-0.39, 0.29) is 44.7 Å². The Hall–Kier alpha value is -3.42. The van der Waals surface area contributed by atoms with Gasteiger partial charge in [-0.05, 0) is 42.5 Å². The number of rotatable bonds is 4. The van der Waals surface area contributed by atoms with Gasteiger partial charge in [0, 0.05) is 17.4 Å². The molecule has 1 aliphatic rings. The zero-order valence-electron chi connectivity index (χ0n) is 15.2. The van der Waals surface area contributed by atoms with E-state index in [1.807, 2.05) is 0 Å². The lowest BCUT2D eigenvalue weighted by molar-refractivity contribution is 0.0640. The number of phenolic OH excluding ortho intramolecular Hbond substituents is 1. The molecule has 2 aromatic carbocycles. The largest absolute Gasteiger partial charge is 0.505 e. The predicted octanol–water partition coefficient (Wildman–Crippen LogP) is 4.14. The van der Waals surface area contributed by atoms with Gasteiger partial charge in [-0.15, -0.1) is 0 Å².